The average molecular weight is 314 g/mol. The zero-order valence-electron chi connectivity index (χ0n) is 11.1. The molecule has 0 saturated heterocycles. The van der Waals surface area contributed by atoms with Gasteiger partial charge in [-0.05, 0) is 18.2 Å². The van der Waals surface area contributed by atoms with Crippen LogP contribution in [0.3, 0.4) is 0 Å². The first-order valence-electron chi connectivity index (χ1n) is 6.11. The number of nitrogens with two attached hydrogens (primary N) is 1. The van der Waals surface area contributed by atoms with Crippen molar-refractivity contribution in [1.82, 2.24) is 10.1 Å². The van der Waals surface area contributed by atoms with E-state index < -0.39 is 0 Å². The van der Waals surface area contributed by atoms with Gasteiger partial charge in [-0.15, -0.1) is 11.8 Å². The normalized spacial score (nSPS) is 12.6. The Morgan fingerprint density at radius 3 is 3.10 bits per heavy atom. The summed E-state index contributed by atoms with van der Waals surface area (Å²) in [5.74, 6) is 1.81. The van der Waals surface area contributed by atoms with E-state index >= 15 is 0 Å². The Bertz CT molecular complexity index is 550. The first-order valence-corrected chi connectivity index (χ1v) is 7.48. The first-order chi connectivity index (χ1) is 9.67. The van der Waals surface area contributed by atoms with Crippen LogP contribution in [0.1, 0.15) is 11.7 Å². The third kappa shape index (κ3) is 4.79. The molecule has 108 valence electrons. The van der Waals surface area contributed by atoms with Crippen LogP contribution in [-0.2, 0) is 16.9 Å². The monoisotopic (exact) mass is 313 g/mol. The van der Waals surface area contributed by atoms with Crippen molar-refractivity contribution >= 4 is 23.4 Å². The molecule has 0 aliphatic heterocycles. The predicted molar refractivity (Wildman–Crippen MR) is 78.9 cm³/mol. The van der Waals surface area contributed by atoms with E-state index in [1.54, 1.807) is 18.9 Å². The van der Waals surface area contributed by atoms with Gasteiger partial charge in [0, 0.05) is 29.5 Å². The molecule has 1 aromatic heterocycles. The zero-order valence-corrected chi connectivity index (χ0v) is 12.7. The van der Waals surface area contributed by atoms with Crippen LogP contribution in [0.25, 0.3) is 0 Å². The minimum atomic E-state index is -0.131. The minimum Gasteiger partial charge on any atom is -0.383 e. The average Bonchev–Trinajstić information content (AvgIpc) is 2.84. The Morgan fingerprint density at radius 2 is 2.35 bits per heavy atom. The van der Waals surface area contributed by atoms with Crippen molar-refractivity contribution < 1.29 is 9.26 Å². The Kier molecular flexibility index (Phi) is 5.85. The van der Waals surface area contributed by atoms with Gasteiger partial charge in [-0.25, -0.2) is 0 Å². The van der Waals surface area contributed by atoms with Crippen molar-refractivity contribution in [1.29, 1.82) is 0 Å². The van der Waals surface area contributed by atoms with E-state index in [-0.39, 0.29) is 6.04 Å². The van der Waals surface area contributed by atoms with E-state index in [4.69, 9.17) is 26.6 Å². The highest BCUT2D eigenvalue weighted by Crippen LogP contribution is 2.24. The molecular weight excluding hydrogens is 298 g/mol. The second kappa shape index (κ2) is 7.64. The number of nitrogens with zero attached hydrogens (tertiary/aromatic N) is 2. The molecule has 0 aliphatic carbocycles. The zero-order chi connectivity index (χ0) is 14.4. The maximum absolute atomic E-state index is 5.93. The number of thioether (sulfide) groups is 1. The molecule has 2 aromatic rings. The van der Waals surface area contributed by atoms with Gasteiger partial charge >= 0.3 is 0 Å². The molecule has 20 heavy (non-hydrogen) atoms. The van der Waals surface area contributed by atoms with Crippen LogP contribution in [0.4, 0.5) is 0 Å². The summed E-state index contributed by atoms with van der Waals surface area (Å²) in [5, 5.41) is 4.65. The standard InChI is InChI=1S/C13H16ClN3O2S/c1-18-7-10(15)6-13-16-12(17-19-13)8-20-11-4-2-3-9(14)5-11/h2-5,10H,6-8,15H2,1H3. The Balaban J connectivity index is 1.86. The number of rotatable bonds is 7. The predicted octanol–water partition coefficient (Wildman–Crippen LogP) is 2.53. The van der Waals surface area contributed by atoms with Crippen LogP contribution in [0.5, 0.6) is 0 Å². The Hall–Kier alpha value is -1.08. The van der Waals surface area contributed by atoms with Crippen molar-refractivity contribution in [2.75, 3.05) is 13.7 Å². The van der Waals surface area contributed by atoms with Crippen LogP contribution in [0, 0.1) is 0 Å². The van der Waals surface area contributed by atoms with Crippen LogP contribution >= 0.6 is 23.4 Å². The first kappa shape index (κ1) is 15.3. The maximum Gasteiger partial charge on any atom is 0.228 e. The summed E-state index contributed by atoms with van der Waals surface area (Å²) < 4.78 is 10.1. The lowest BCUT2D eigenvalue weighted by Crippen LogP contribution is -2.28. The SMILES string of the molecule is COCC(N)Cc1nc(CSc2cccc(Cl)c2)no1. The van der Waals surface area contributed by atoms with E-state index in [1.807, 2.05) is 24.3 Å². The molecule has 0 radical (unpaired) electrons. The topological polar surface area (TPSA) is 74.2 Å². The van der Waals surface area contributed by atoms with Gasteiger partial charge in [-0.2, -0.15) is 4.98 Å². The second-order valence-electron chi connectivity index (χ2n) is 4.27. The van der Waals surface area contributed by atoms with Gasteiger partial charge in [-0.1, -0.05) is 22.8 Å². The molecule has 1 heterocycles. The number of hydrogen-bond donors (Lipinski definition) is 1. The number of halogens is 1. The molecule has 2 N–H and O–H groups in total. The lowest BCUT2D eigenvalue weighted by molar-refractivity contribution is 0.176. The quantitative estimate of drug-likeness (QED) is 0.792. The third-order valence-electron chi connectivity index (χ3n) is 2.49. The van der Waals surface area contributed by atoms with Crippen LogP contribution in [0.2, 0.25) is 5.02 Å². The van der Waals surface area contributed by atoms with E-state index in [9.17, 15) is 0 Å². The number of methoxy groups -OCH3 is 1. The summed E-state index contributed by atoms with van der Waals surface area (Å²) in [6, 6.07) is 7.52. The summed E-state index contributed by atoms with van der Waals surface area (Å²) in [6.45, 7) is 0.467. The fourth-order valence-electron chi connectivity index (χ4n) is 1.63. The lowest BCUT2D eigenvalue weighted by Gasteiger charge is -2.05. The molecule has 0 saturated carbocycles. The summed E-state index contributed by atoms with van der Waals surface area (Å²) in [7, 11) is 1.61. The van der Waals surface area contributed by atoms with Crippen molar-refractivity contribution in [2.45, 2.75) is 23.1 Å². The van der Waals surface area contributed by atoms with E-state index in [0.29, 0.717) is 35.5 Å². The smallest absolute Gasteiger partial charge is 0.228 e. The molecule has 0 spiro atoms. The van der Waals surface area contributed by atoms with Gasteiger partial charge in [0.1, 0.15) is 0 Å². The summed E-state index contributed by atoms with van der Waals surface area (Å²) in [5.41, 5.74) is 5.83. The molecule has 1 aromatic carbocycles. The number of hydrogen-bond acceptors (Lipinski definition) is 6. The van der Waals surface area contributed by atoms with Crippen molar-refractivity contribution in [3.05, 3.63) is 41.0 Å². The summed E-state index contributed by atoms with van der Waals surface area (Å²) >= 11 is 7.53. The van der Waals surface area contributed by atoms with Crippen LogP contribution < -0.4 is 5.73 Å². The highest BCUT2D eigenvalue weighted by molar-refractivity contribution is 7.98. The largest absolute Gasteiger partial charge is 0.383 e. The second-order valence-corrected chi connectivity index (χ2v) is 5.76. The van der Waals surface area contributed by atoms with Gasteiger partial charge in [0.25, 0.3) is 0 Å². The number of aromatic nitrogens is 2. The molecule has 0 fully saturated rings. The molecule has 1 unspecified atom stereocenters. The van der Waals surface area contributed by atoms with Gasteiger partial charge in [0.05, 0.1) is 12.4 Å². The van der Waals surface area contributed by atoms with Crippen molar-refractivity contribution in [3.8, 4) is 0 Å². The Labute approximate surface area is 126 Å². The summed E-state index contributed by atoms with van der Waals surface area (Å²) in [4.78, 5) is 5.37. The fraction of sp³-hybridized carbons (Fsp3) is 0.385. The van der Waals surface area contributed by atoms with Gasteiger partial charge < -0.3 is 15.0 Å². The number of ether oxygens (including phenoxy) is 1. The molecular formula is C13H16ClN3O2S. The van der Waals surface area contributed by atoms with E-state index in [1.165, 1.54) is 0 Å². The van der Waals surface area contributed by atoms with Crippen molar-refractivity contribution in [2.24, 2.45) is 5.73 Å². The highest BCUT2D eigenvalue weighted by Gasteiger charge is 2.11. The molecule has 7 heteroatoms. The van der Waals surface area contributed by atoms with E-state index in [2.05, 4.69) is 10.1 Å². The van der Waals surface area contributed by atoms with E-state index in [0.717, 1.165) is 4.90 Å². The maximum atomic E-state index is 5.93. The minimum absolute atomic E-state index is 0.131. The molecule has 0 aliphatic rings. The molecule has 0 bridgehead atoms. The molecule has 2 rings (SSSR count). The Morgan fingerprint density at radius 1 is 1.50 bits per heavy atom. The molecule has 5 nitrogen and oxygen atoms in total. The fourth-order valence-corrected chi connectivity index (χ4v) is 2.69. The lowest BCUT2D eigenvalue weighted by atomic mass is 10.2. The van der Waals surface area contributed by atoms with Gasteiger partial charge in [0.2, 0.25) is 5.89 Å². The summed E-state index contributed by atoms with van der Waals surface area (Å²) in [6.07, 6.45) is 0.517. The van der Waals surface area contributed by atoms with Gasteiger partial charge in [0.15, 0.2) is 5.82 Å². The van der Waals surface area contributed by atoms with Crippen molar-refractivity contribution in [3.63, 3.8) is 0 Å². The van der Waals surface area contributed by atoms with Crippen LogP contribution in [0.15, 0.2) is 33.7 Å². The number of benzene rings is 1. The highest BCUT2D eigenvalue weighted by atomic mass is 35.5. The molecule has 0 amide bonds. The third-order valence-corrected chi connectivity index (χ3v) is 3.72. The van der Waals surface area contributed by atoms with Gasteiger partial charge in [-0.3, -0.25) is 0 Å². The van der Waals surface area contributed by atoms with Crippen LogP contribution in [-0.4, -0.2) is 29.9 Å². The molecule has 1 atom stereocenters.